The molecule has 3 aromatic rings. The van der Waals surface area contributed by atoms with Gasteiger partial charge >= 0.3 is 5.97 Å². The first-order valence-corrected chi connectivity index (χ1v) is 10.2. The van der Waals surface area contributed by atoms with Gasteiger partial charge in [-0.3, -0.25) is 4.79 Å². The molecule has 1 aromatic heterocycles. The summed E-state index contributed by atoms with van der Waals surface area (Å²) in [6.45, 7) is 1.92. The molecule has 0 aliphatic carbocycles. The van der Waals surface area contributed by atoms with Crippen LogP contribution in [0.4, 0.5) is 5.69 Å². The number of carbonyl (C=O) groups is 2. The summed E-state index contributed by atoms with van der Waals surface area (Å²) in [4.78, 5) is 26.3. The fraction of sp³-hybridized carbons (Fsp3) is 0.174. The second-order valence-corrected chi connectivity index (χ2v) is 7.34. The van der Waals surface area contributed by atoms with Crippen molar-refractivity contribution in [2.75, 3.05) is 26.1 Å². The number of amides is 1. The zero-order valence-electron chi connectivity index (χ0n) is 17.2. The first-order valence-electron chi connectivity index (χ1n) is 9.35. The molecular formula is C23H20N2O5S. The first-order chi connectivity index (χ1) is 15.0. The van der Waals surface area contributed by atoms with Gasteiger partial charge < -0.3 is 19.5 Å². The number of hydrogen-bond donors (Lipinski definition) is 1. The van der Waals surface area contributed by atoms with Gasteiger partial charge in [-0.05, 0) is 55.0 Å². The second-order valence-electron chi connectivity index (χ2n) is 6.29. The molecule has 0 radical (unpaired) electrons. The Balaban J connectivity index is 1.99. The summed E-state index contributed by atoms with van der Waals surface area (Å²) < 4.78 is 15.8. The Bertz CT molecular complexity index is 1160. The molecule has 2 aromatic carbocycles. The summed E-state index contributed by atoms with van der Waals surface area (Å²) >= 11 is 1.20. The van der Waals surface area contributed by atoms with Crippen molar-refractivity contribution in [1.29, 1.82) is 5.26 Å². The van der Waals surface area contributed by atoms with Crippen LogP contribution in [-0.4, -0.2) is 32.7 Å². The summed E-state index contributed by atoms with van der Waals surface area (Å²) in [5.41, 5.74) is 1.81. The van der Waals surface area contributed by atoms with E-state index in [1.165, 1.54) is 17.4 Å². The van der Waals surface area contributed by atoms with Crippen LogP contribution in [0.5, 0.6) is 11.5 Å². The number of ether oxygens (including phenoxy) is 3. The van der Waals surface area contributed by atoms with Gasteiger partial charge in [0, 0.05) is 10.4 Å². The molecule has 0 saturated heterocycles. The van der Waals surface area contributed by atoms with Crippen LogP contribution >= 0.6 is 11.3 Å². The molecule has 31 heavy (non-hydrogen) atoms. The Kier molecular flexibility index (Phi) is 6.90. The minimum absolute atomic E-state index is 0.208. The number of carbonyl (C=O) groups excluding carboxylic acids is 2. The van der Waals surface area contributed by atoms with Crippen molar-refractivity contribution in [3.05, 3.63) is 64.5 Å². The number of esters is 1. The van der Waals surface area contributed by atoms with Crippen molar-refractivity contribution >= 4 is 28.9 Å². The topological polar surface area (TPSA) is 97.7 Å². The van der Waals surface area contributed by atoms with Gasteiger partial charge in [-0.15, -0.1) is 11.3 Å². The van der Waals surface area contributed by atoms with E-state index in [-0.39, 0.29) is 11.5 Å². The zero-order chi connectivity index (χ0) is 22.4. The molecule has 7 nitrogen and oxygen atoms in total. The standard InChI is InChI=1S/C23H20N2O5S/c1-4-30-23(27)21-17(25-22(26)16-7-5-6-14(10-16)13-24)12-20(31-21)15-8-9-18(28-2)19(11-15)29-3/h5-12H,4H2,1-3H3,(H,25,26). The van der Waals surface area contributed by atoms with Gasteiger partial charge in [-0.2, -0.15) is 5.26 Å². The molecule has 0 saturated carbocycles. The SMILES string of the molecule is CCOC(=O)c1sc(-c2ccc(OC)c(OC)c2)cc1NC(=O)c1cccc(C#N)c1. The number of nitriles is 1. The number of rotatable bonds is 7. The lowest BCUT2D eigenvalue weighted by atomic mass is 10.1. The van der Waals surface area contributed by atoms with Crippen LogP contribution in [0.25, 0.3) is 10.4 Å². The van der Waals surface area contributed by atoms with Crippen molar-refractivity contribution in [1.82, 2.24) is 0 Å². The van der Waals surface area contributed by atoms with E-state index in [4.69, 9.17) is 19.5 Å². The lowest BCUT2D eigenvalue weighted by Crippen LogP contribution is -2.14. The molecule has 1 N–H and O–H groups in total. The monoisotopic (exact) mass is 436 g/mol. The van der Waals surface area contributed by atoms with Crippen LogP contribution in [0.3, 0.4) is 0 Å². The van der Waals surface area contributed by atoms with Crippen LogP contribution in [-0.2, 0) is 4.74 Å². The van der Waals surface area contributed by atoms with Crippen molar-refractivity contribution in [2.45, 2.75) is 6.92 Å². The normalized spacial score (nSPS) is 10.1. The fourth-order valence-corrected chi connectivity index (χ4v) is 3.89. The van der Waals surface area contributed by atoms with Gasteiger partial charge in [0.1, 0.15) is 4.88 Å². The first kappa shape index (κ1) is 21.9. The molecule has 0 bridgehead atoms. The van der Waals surface area contributed by atoms with Crippen LogP contribution in [0.15, 0.2) is 48.5 Å². The highest BCUT2D eigenvalue weighted by atomic mass is 32.1. The largest absolute Gasteiger partial charge is 0.493 e. The highest BCUT2D eigenvalue weighted by Gasteiger charge is 2.21. The van der Waals surface area contributed by atoms with E-state index >= 15 is 0 Å². The molecule has 0 fully saturated rings. The van der Waals surface area contributed by atoms with E-state index in [0.29, 0.717) is 28.3 Å². The number of benzene rings is 2. The van der Waals surface area contributed by atoms with E-state index < -0.39 is 11.9 Å². The fourth-order valence-electron chi connectivity index (χ4n) is 2.89. The van der Waals surface area contributed by atoms with Gasteiger partial charge in [0.05, 0.1) is 38.1 Å². The van der Waals surface area contributed by atoms with Crippen LogP contribution in [0.1, 0.15) is 32.5 Å². The van der Waals surface area contributed by atoms with Gasteiger partial charge in [-0.25, -0.2) is 4.79 Å². The molecule has 0 aliphatic rings. The maximum atomic E-state index is 12.7. The number of nitrogens with one attached hydrogen (secondary N) is 1. The van der Waals surface area contributed by atoms with E-state index in [0.717, 1.165) is 10.4 Å². The zero-order valence-corrected chi connectivity index (χ0v) is 18.0. The van der Waals surface area contributed by atoms with Crippen molar-refractivity contribution in [3.8, 4) is 28.0 Å². The quantitative estimate of drug-likeness (QED) is 0.538. The lowest BCUT2D eigenvalue weighted by Gasteiger charge is -2.08. The number of hydrogen-bond acceptors (Lipinski definition) is 7. The van der Waals surface area contributed by atoms with Gasteiger partial charge in [-0.1, -0.05) is 6.07 Å². The Morgan fingerprint density at radius 2 is 1.84 bits per heavy atom. The van der Waals surface area contributed by atoms with Gasteiger partial charge in [0.2, 0.25) is 0 Å². The van der Waals surface area contributed by atoms with Gasteiger partial charge in [0.15, 0.2) is 11.5 Å². The maximum Gasteiger partial charge on any atom is 0.350 e. The number of thiophene rings is 1. The molecule has 1 heterocycles. The van der Waals surface area contributed by atoms with Crippen molar-refractivity contribution in [3.63, 3.8) is 0 Å². The minimum Gasteiger partial charge on any atom is -0.493 e. The highest BCUT2D eigenvalue weighted by Crippen LogP contribution is 2.39. The molecule has 3 rings (SSSR count). The van der Waals surface area contributed by atoms with Crippen LogP contribution in [0, 0.1) is 11.3 Å². The summed E-state index contributed by atoms with van der Waals surface area (Å²) in [5, 5.41) is 11.8. The molecule has 0 aliphatic heterocycles. The van der Waals surface area contributed by atoms with E-state index in [9.17, 15) is 9.59 Å². The average Bonchev–Trinajstić information content (AvgIpc) is 3.22. The summed E-state index contributed by atoms with van der Waals surface area (Å²) in [5.74, 6) is 0.170. The van der Waals surface area contributed by atoms with Crippen molar-refractivity contribution in [2.24, 2.45) is 0 Å². The molecule has 1 amide bonds. The average molecular weight is 436 g/mol. The molecule has 0 atom stereocenters. The maximum absolute atomic E-state index is 12.7. The third kappa shape index (κ3) is 4.85. The Morgan fingerprint density at radius 3 is 2.52 bits per heavy atom. The minimum atomic E-state index is -0.527. The predicted molar refractivity (Wildman–Crippen MR) is 118 cm³/mol. The third-order valence-electron chi connectivity index (χ3n) is 4.36. The van der Waals surface area contributed by atoms with E-state index in [2.05, 4.69) is 5.32 Å². The highest BCUT2D eigenvalue weighted by molar-refractivity contribution is 7.18. The molecule has 0 unspecified atom stereocenters. The summed E-state index contributed by atoms with van der Waals surface area (Å²) in [6.07, 6.45) is 0. The molecule has 8 heteroatoms. The molecule has 158 valence electrons. The van der Waals surface area contributed by atoms with Gasteiger partial charge in [0.25, 0.3) is 5.91 Å². The Morgan fingerprint density at radius 1 is 1.06 bits per heavy atom. The lowest BCUT2D eigenvalue weighted by molar-refractivity contribution is 0.0533. The number of nitrogens with zero attached hydrogens (tertiary/aromatic N) is 1. The summed E-state index contributed by atoms with van der Waals surface area (Å²) in [7, 11) is 3.09. The van der Waals surface area contributed by atoms with Crippen molar-refractivity contribution < 1.29 is 23.8 Å². The van der Waals surface area contributed by atoms with E-state index in [1.807, 2.05) is 12.1 Å². The Hall–Kier alpha value is -3.83. The summed E-state index contributed by atoms with van der Waals surface area (Å²) in [6, 6.07) is 15.4. The third-order valence-corrected chi connectivity index (χ3v) is 5.53. The number of anilines is 1. The van der Waals surface area contributed by atoms with E-state index in [1.54, 1.807) is 57.5 Å². The van der Waals surface area contributed by atoms with Crippen LogP contribution < -0.4 is 14.8 Å². The second kappa shape index (κ2) is 9.78. The molecule has 0 spiro atoms. The smallest absolute Gasteiger partial charge is 0.350 e. The van der Waals surface area contributed by atoms with Crippen LogP contribution in [0.2, 0.25) is 0 Å². The number of methoxy groups -OCH3 is 2. The molecular weight excluding hydrogens is 416 g/mol. The predicted octanol–water partition coefficient (Wildman–Crippen LogP) is 4.73. The Labute approximate surface area is 183 Å².